The van der Waals surface area contributed by atoms with Crippen LogP contribution in [0.15, 0.2) is 24.7 Å². The zero-order chi connectivity index (χ0) is 18.0. The number of nitrogens with two attached hydrogens (primary N) is 1. The number of aryl methyl sites for hydroxylation is 1. The topological polar surface area (TPSA) is 132 Å². The number of carbonyl (C=O) groups is 1. The SMILES string of the molecule is Cn1ccnc1N1CCC(Nc2ncc([N+](=O)[O-])cc2C(N)=O)CC1. The van der Waals surface area contributed by atoms with Gasteiger partial charge in [0.15, 0.2) is 0 Å². The molecule has 132 valence electrons. The van der Waals surface area contributed by atoms with Gasteiger partial charge in [-0.3, -0.25) is 14.9 Å². The third-order valence-electron chi connectivity index (χ3n) is 4.26. The number of pyridine rings is 1. The first kappa shape index (κ1) is 16.7. The molecule has 1 saturated heterocycles. The molecule has 3 rings (SSSR count). The molecule has 1 aliphatic heterocycles. The number of hydrogen-bond donors (Lipinski definition) is 2. The summed E-state index contributed by atoms with van der Waals surface area (Å²) < 4.78 is 1.97. The number of piperidine rings is 1. The van der Waals surface area contributed by atoms with Gasteiger partial charge in [0.25, 0.3) is 11.6 Å². The van der Waals surface area contributed by atoms with Gasteiger partial charge >= 0.3 is 0 Å². The van der Waals surface area contributed by atoms with Gasteiger partial charge in [-0.15, -0.1) is 0 Å². The van der Waals surface area contributed by atoms with Crippen LogP contribution in [0.2, 0.25) is 0 Å². The number of nitrogens with zero attached hydrogens (tertiary/aromatic N) is 5. The Morgan fingerprint density at radius 1 is 1.40 bits per heavy atom. The molecule has 1 aliphatic rings. The maximum absolute atomic E-state index is 11.6. The molecular formula is C15H19N7O3. The minimum Gasteiger partial charge on any atom is -0.367 e. The summed E-state index contributed by atoms with van der Waals surface area (Å²) in [6, 6.07) is 1.25. The molecule has 0 bridgehead atoms. The van der Waals surface area contributed by atoms with Crippen LogP contribution in [0.25, 0.3) is 0 Å². The molecule has 3 N–H and O–H groups in total. The van der Waals surface area contributed by atoms with Gasteiger partial charge in [-0.1, -0.05) is 0 Å². The number of carbonyl (C=O) groups excluding carboxylic acids is 1. The summed E-state index contributed by atoms with van der Waals surface area (Å²) in [6.45, 7) is 1.61. The van der Waals surface area contributed by atoms with E-state index in [-0.39, 0.29) is 23.1 Å². The van der Waals surface area contributed by atoms with Crippen molar-refractivity contribution in [1.29, 1.82) is 0 Å². The van der Waals surface area contributed by atoms with E-state index in [0.29, 0.717) is 0 Å². The van der Waals surface area contributed by atoms with Crippen LogP contribution in [0.4, 0.5) is 17.5 Å². The molecule has 10 heteroatoms. The van der Waals surface area contributed by atoms with Crippen molar-refractivity contribution < 1.29 is 9.72 Å². The molecule has 0 spiro atoms. The Hall–Kier alpha value is -3.17. The molecule has 1 fully saturated rings. The first-order valence-corrected chi connectivity index (χ1v) is 7.88. The third kappa shape index (κ3) is 3.52. The molecule has 0 atom stereocenters. The molecule has 2 aromatic heterocycles. The lowest BCUT2D eigenvalue weighted by atomic mass is 10.0. The summed E-state index contributed by atoms with van der Waals surface area (Å²) in [7, 11) is 1.95. The van der Waals surface area contributed by atoms with E-state index >= 15 is 0 Å². The fourth-order valence-electron chi connectivity index (χ4n) is 2.94. The Labute approximate surface area is 143 Å². The number of primary amides is 1. The highest BCUT2D eigenvalue weighted by molar-refractivity contribution is 5.98. The summed E-state index contributed by atoms with van der Waals surface area (Å²) in [5.74, 6) is 0.461. The molecule has 10 nitrogen and oxygen atoms in total. The Kier molecular flexibility index (Phi) is 4.50. The van der Waals surface area contributed by atoms with Crippen LogP contribution < -0.4 is 16.0 Å². The number of imidazole rings is 1. The number of nitrogens with one attached hydrogen (secondary N) is 1. The quantitative estimate of drug-likeness (QED) is 0.607. The second-order valence-corrected chi connectivity index (χ2v) is 5.95. The molecule has 3 heterocycles. The zero-order valence-corrected chi connectivity index (χ0v) is 13.8. The number of anilines is 2. The first-order valence-electron chi connectivity index (χ1n) is 7.88. The number of hydrogen-bond acceptors (Lipinski definition) is 7. The van der Waals surface area contributed by atoms with E-state index in [2.05, 4.69) is 20.2 Å². The molecule has 0 aliphatic carbocycles. The van der Waals surface area contributed by atoms with Crippen LogP contribution in [-0.4, -0.2) is 44.5 Å². The van der Waals surface area contributed by atoms with Gasteiger partial charge in [0.2, 0.25) is 5.95 Å². The van der Waals surface area contributed by atoms with Crippen molar-refractivity contribution in [2.45, 2.75) is 18.9 Å². The third-order valence-corrected chi connectivity index (χ3v) is 4.26. The van der Waals surface area contributed by atoms with Crippen molar-refractivity contribution in [3.05, 3.63) is 40.3 Å². The van der Waals surface area contributed by atoms with Crippen LogP contribution >= 0.6 is 0 Å². The zero-order valence-electron chi connectivity index (χ0n) is 13.8. The normalized spacial score (nSPS) is 15.2. The summed E-state index contributed by atoms with van der Waals surface area (Å²) in [5.41, 5.74) is 5.10. The van der Waals surface area contributed by atoms with Gasteiger partial charge in [0.1, 0.15) is 12.0 Å². The fraction of sp³-hybridized carbons (Fsp3) is 0.400. The predicted molar refractivity (Wildman–Crippen MR) is 91.5 cm³/mol. The second kappa shape index (κ2) is 6.75. The van der Waals surface area contributed by atoms with Crippen LogP contribution in [-0.2, 0) is 7.05 Å². The molecule has 0 aromatic carbocycles. The minimum absolute atomic E-state index is 0.0285. The van der Waals surface area contributed by atoms with Crippen molar-refractivity contribution in [2.75, 3.05) is 23.3 Å². The van der Waals surface area contributed by atoms with E-state index in [1.165, 1.54) is 0 Å². The first-order chi connectivity index (χ1) is 12.0. The average molecular weight is 345 g/mol. The van der Waals surface area contributed by atoms with Gasteiger partial charge in [-0.05, 0) is 12.8 Å². The van der Waals surface area contributed by atoms with E-state index in [1.54, 1.807) is 6.20 Å². The molecule has 0 radical (unpaired) electrons. The lowest BCUT2D eigenvalue weighted by Gasteiger charge is -2.33. The Balaban J connectivity index is 1.69. The van der Waals surface area contributed by atoms with Crippen LogP contribution in [0.5, 0.6) is 0 Å². The highest BCUT2D eigenvalue weighted by atomic mass is 16.6. The van der Waals surface area contributed by atoms with E-state index in [9.17, 15) is 14.9 Å². The van der Waals surface area contributed by atoms with Gasteiger partial charge in [-0.2, -0.15) is 0 Å². The molecule has 0 saturated carbocycles. The molecular weight excluding hydrogens is 326 g/mol. The number of nitro groups is 1. The monoisotopic (exact) mass is 345 g/mol. The minimum atomic E-state index is -0.746. The van der Waals surface area contributed by atoms with E-state index in [1.807, 2.05) is 17.8 Å². The highest BCUT2D eigenvalue weighted by Gasteiger charge is 2.24. The largest absolute Gasteiger partial charge is 0.367 e. The van der Waals surface area contributed by atoms with Crippen molar-refractivity contribution in [3.63, 3.8) is 0 Å². The van der Waals surface area contributed by atoms with Crippen LogP contribution in [0.3, 0.4) is 0 Å². The standard InChI is InChI=1S/C15H19N7O3/c1-20-7-4-17-15(20)21-5-2-10(3-6-21)19-14-12(13(16)23)8-11(9-18-14)22(24)25/h4,7-10H,2-3,5-6H2,1H3,(H2,16,23)(H,18,19). The summed E-state index contributed by atoms with van der Waals surface area (Å²) in [5, 5.41) is 14.0. The van der Waals surface area contributed by atoms with Crippen LogP contribution in [0, 0.1) is 10.1 Å². The van der Waals surface area contributed by atoms with Crippen molar-refractivity contribution in [2.24, 2.45) is 12.8 Å². The smallest absolute Gasteiger partial charge is 0.288 e. The van der Waals surface area contributed by atoms with Gasteiger partial charge < -0.3 is 20.5 Å². The van der Waals surface area contributed by atoms with Crippen LogP contribution in [0.1, 0.15) is 23.2 Å². The Bertz CT molecular complexity index is 796. The van der Waals surface area contributed by atoms with E-state index in [4.69, 9.17) is 5.73 Å². The lowest BCUT2D eigenvalue weighted by molar-refractivity contribution is -0.385. The molecule has 25 heavy (non-hydrogen) atoms. The predicted octanol–water partition coefficient (Wildman–Crippen LogP) is 0.903. The maximum Gasteiger partial charge on any atom is 0.288 e. The maximum atomic E-state index is 11.6. The summed E-state index contributed by atoms with van der Waals surface area (Å²) in [4.78, 5) is 32.4. The second-order valence-electron chi connectivity index (χ2n) is 5.95. The number of aromatic nitrogens is 3. The highest BCUT2D eigenvalue weighted by Crippen LogP contribution is 2.23. The van der Waals surface area contributed by atoms with Crippen molar-refractivity contribution >= 4 is 23.4 Å². The average Bonchev–Trinajstić information content (AvgIpc) is 3.01. The van der Waals surface area contributed by atoms with Gasteiger partial charge in [-0.25, -0.2) is 9.97 Å². The summed E-state index contributed by atoms with van der Waals surface area (Å²) >= 11 is 0. The van der Waals surface area contributed by atoms with E-state index < -0.39 is 10.8 Å². The number of rotatable bonds is 5. The molecule has 0 unspecified atom stereocenters. The summed E-state index contributed by atoms with van der Waals surface area (Å²) in [6.07, 6.45) is 6.43. The fourth-order valence-corrected chi connectivity index (χ4v) is 2.94. The van der Waals surface area contributed by atoms with Gasteiger partial charge in [0, 0.05) is 44.6 Å². The van der Waals surface area contributed by atoms with Crippen molar-refractivity contribution in [3.8, 4) is 0 Å². The molecule has 1 amide bonds. The Morgan fingerprint density at radius 2 is 2.12 bits per heavy atom. The number of amides is 1. The van der Waals surface area contributed by atoms with Crippen molar-refractivity contribution in [1.82, 2.24) is 14.5 Å². The lowest BCUT2D eigenvalue weighted by Crippen LogP contribution is -2.40. The molecule has 2 aromatic rings. The van der Waals surface area contributed by atoms with Gasteiger partial charge in [0.05, 0.1) is 10.5 Å². The Morgan fingerprint density at radius 3 is 2.68 bits per heavy atom. The van der Waals surface area contributed by atoms with E-state index in [0.717, 1.165) is 44.1 Å².